The van der Waals surface area contributed by atoms with E-state index in [1.807, 2.05) is 30.3 Å². The zero-order chi connectivity index (χ0) is 21.4. The van der Waals surface area contributed by atoms with Crippen molar-refractivity contribution in [1.29, 1.82) is 0 Å². The summed E-state index contributed by atoms with van der Waals surface area (Å²) < 4.78 is 21.9. The maximum Gasteiger partial charge on any atom is 0.231 e. The molecule has 1 fully saturated rings. The summed E-state index contributed by atoms with van der Waals surface area (Å²) in [5.74, 6) is 3.78. The third kappa shape index (κ3) is 3.50. The van der Waals surface area contributed by atoms with Gasteiger partial charge >= 0.3 is 0 Å². The van der Waals surface area contributed by atoms with Crippen LogP contribution in [0.3, 0.4) is 0 Å². The van der Waals surface area contributed by atoms with Gasteiger partial charge in [-0.1, -0.05) is 0 Å². The summed E-state index contributed by atoms with van der Waals surface area (Å²) >= 11 is 0. The van der Waals surface area contributed by atoms with Gasteiger partial charge in [-0.3, -0.25) is 0 Å². The fourth-order valence-electron chi connectivity index (χ4n) is 4.07. The molecule has 31 heavy (non-hydrogen) atoms. The Hall–Kier alpha value is -3.46. The van der Waals surface area contributed by atoms with E-state index in [2.05, 4.69) is 10.2 Å². The molecule has 2 N–H and O–H groups in total. The summed E-state index contributed by atoms with van der Waals surface area (Å²) in [6.07, 6.45) is 1.90. The van der Waals surface area contributed by atoms with Crippen LogP contribution in [-0.4, -0.2) is 55.3 Å². The summed E-state index contributed by atoms with van der Waals surface area (Å²) in [7, 11) is 3.19. The Morgan fingerprint density at radius 3 is 2.71 bits per heavy atom. The Kier molecular flexibility index (Phi) is 5.03. The molecule has 1 unspecified atom stereocenters. The number of aromatic nitrogens is 2. The molecule has 0 amide bonds. The topological polar surface area (TPSA) is 98.2 Å². The molecule has 2 aliphatic heterocycles. The molecule has 1 aromatic heterocycles. The molecule has 0 radical (unpaired) electrons. The maximum absolute atomic E-state index is 9.78. The van der Waals surface area contributed by atoms with Crippen molar-refractivity contribution < 1.29 is 24.1 Å². The van der Waals surface area contributed by atoms with Gasteiger partial charge in [-0.15, -0.1) is 0 Å². The Morgan fingerprint density at radius 1 is 1.10 bits per heavy atom. The van der Waals surface area contributed by atoms with Crippen LogP contribution in [0.2, 0.25) is 0 Å². The Morgan fingerprint density at radius 2 is 1.90 bits per heavy atom. The maximum atomic E-state index is 9.78. The van der Waals surface area contributed by atoms with E-state index in [4.69, 9.17) is 28.9 Å². The van der Waals surface area contributed by atoms with E-state index >= 15 is 0 Å². The zero-order valence-corrected chi connectivity index (χ0v) is 17.4. The van der Waals surface area contributed by atoms with E-state index < -0.39 is 0 Å². The van der Waals surface area contributed by atoms with Crippen LogP contribution in [0, 0.1) is 0 Å². The first-order chi connectivity index (χ1) is 15.2. The molecule has 0 spiro atoms. The van der Waals surface area contributed by atoms with Gasteiger partial charge in [0.1, 0.15) is 5.82 Å². The first kappa shape index (κ1) is 19.5. The van der Waals surface area contributed by atoms with Gasteiger partial charge in [0.15, 0.2) is 23.0 Å². The number of aliphatic hydroxyl groups excluding tert-OH is 1. The highest BCUT2D eigenvalue weighted by molar-refractivity contribution is 5.94. The lowest BCUT2D eigenvalue weighted by molar-refractivity contribution is 0.174. The van der Waals surface area contributed by atoms with Crippen molar-refractivity contribution in [3.8, 4) is 23.0 Å². The molecule has 162 valence electrons. The van der Waals surface area contributed by atoms with Gasteiger partial charge in [0.25, 0.3) is 0 Å². The molecule has 9 heteroatoms. The predicted octanol–water partition coefficient (Wildman–Crippen LogP) is 3.08. The summed E-state index contributed by atoms with van der Waals surface area (Å²) in [5.41, 5.74) is 1.53. The third-order valence-corrected chi connectivity index (χ3v) is 5.67. The fraction of sp³-hybridized carbons (Fsp3) is 0.364. The number of anilines is 3. The van der Waals surface area contributed by atoms with Crippen LogP contribution in [0.25, 0.3) is 10.9 Å². The second kappa shape index (κ2) is 7.99. The summed E-state index contributed by atoms with van der Waals surface area (Å²) in [6, 6.07) is 9.36. The minimum atomic E-state index is 0.0102. The lowest BCUT2D eigenvalue weighted by atomic mass is 10.2. The average molecular weight is 424 g/mol. The van der Waals surface area contributed by atoms with Gasteiger partial charge in [0, 0.05) is 29.8 Å². The van der Waals surface area contributed by atoms with Crippen LogP contribution < -0.4 is 29.2 Å². The standard InChI is InChI=1S/C22H24N4O5/c1-28-18-9-15-16(10-19(18)29-2)24-22(26-7-3-4-14(26)11-27)25-21(15)23-13-5-6-17-20(8-13)31-12-30-17/h5-6,8-10,14,27H,3-4,7,11-12H2,1-2H3,(H,23,24,25). The lowest BCUT2D eigenvalue weighted by Crippen LogP contribution is -2.33. The minimum absolute atomic E-state index is 0.0102. The first-order valence-corrected chi connectivity index (χ1v) is 10.2. The summed E-state index contributed by atoms with van der Waals surface area (Å²) in [5, 5.41) is 14.0. The highest BCUT2D eigenvalue weighted by atomic mass is 16.7. The predicted molar refractivity (Wildman–Crippen MR) is 116 cm³/mol. The van der Waals surface area contributed by atoms with Crippen molar-refractivity contribution in [3.63, 3.8) is 0 Å². The highest BCUT2D eigenvalue weighted by Crippen LogP contribution is 2.39. The fourth-order valence-corrected chi connectivity index (χ4v) is 4.07. The second-order valence-corrected chi connectivity index (χ2v) is 7.46. The Balaban J connectivity index is 1.63. The zero-order valence-electron chi connectivity index (χ0n) is 17.4. The van der Waals surface area contributed by atoms with Crippen molar-refractivity contribution in [1.82, 2.24) is 9.97 Å². The molecule has 0 aliphatic carbocycles. The van der Waals surface area contributed by atoms with Gasteiger partial charge in [-0.2, -0.15) is 4.98 Å². The van der Waals surface area contributed by atoms with Crippen molar-refractivity contribution in [3.05, 3.63) is 30.3 Å². The first-order valence-electron chi connectivity index (χ1n) is 10.2. The van der Waals surface area contributed by atoms with Crippen LogP contribution in [0.1, 0.15) is 12.8 Å². The average Bonchev–Trinajstić information content (AvgIpc) is 3.46. The molecule has 1 saturated heterocycles. The second-order valence-electron chi connectivity index (χ2n) is 7.46. The van der Waals surface area contributed by atoms with Gasteiger partial charge in [0.2, 0.25) is 12.7 Å². The van der Waals surface area contributed by atoms with Crippen LogP contribution >= 0.6 is 0 Å². The summed E-state index contributed by atoms with van der Waals surface area (Å²) in [6.45, 7) is 1.08. The highest BCUT2D eigenvalue weighted by Gasteiger charge is 2.27. The molecule has 2 aliphatic rings. The van der Waals surface area contributed by atoms with Crippen molar-refractivity contribution in [2.75, 3.05) is 44.4 Å². The Bertz CT molecular complexity index is 1120. The minimum Gasteiger partial charge on any atom is -0.493 e. The van der Waals surface area contributed by atoms with Gasteiger partial charge in [-0.25, -0.2) is 4.98 Å². The largest absolute Gasteiger partial charge is 0.493 e. The number of hydrogen-bond donors (Lipinski definition) is 2. The molecular formula is C22H24N4O5. The third-order valence-electron chi connectivity index (χ3n) is 5.67. The quantitative estimate of drug-likeness (QED) is 0.618. The monoisotopic (exact) mass is 424 g/mol. The molecule has 1 atom stereocenters. The normalized spacial score (nSPS) is 17.3. The van der Waals surface area contributed by atoms with E-state index in [-0.39, 0.29) is 19.4 Å². The number of benzene rings is 2. The van der Waals surface area contributed by atoms with E-state index in [0.717, 1.165) is 36.0 Å². The summed E-state index contributed by atoms with van der Waals surface area (Å²) in [4.78, 5) is 11.7. The number of fused-ring (bicyclic) bond motifs is 2. The molecule has 2 aromatic carbocycles. The number of hydrogen-bond acceptors (Lipinski definition) is 9. The van der Waals surface area contributed by atoms with Crippen LogP contribution in [0.15, 0.2) is 30.3 Å². The number of nitrogens with zero attached hydrogens (tertiary/aromatic N) is 3. The molecule has 3 aromatic rings. The molecule has 0 saturated carbocycles. The number of ether oxygens (including phenoxy) is 4. The van der Waals surface area contributed by atoms with E-state index in [1.165, 1.54) is 0 Å². The smallest absolute Gasteiger partial charge is 0.231 e. The van der Waals surface area contributed by atoms with Crippen LogP contribution in [-0.2, 0) is 0 Å². The van der Waals surface area contributed by atoms with Crippen molar-refractivity contribution in [2.45, 2.75) is 18.9 Å². The molecule has 9 nitrogen and oxygen atoms in total. The van der Waals surface area contributed by atoms with Crippen molar-refractivity contribution in [2.24, 2.45) is 0 Å². The van der Waals surface area contributed by atoms with Gasteiger partial charge < -0.3 is 34.3 Å². The number of methoxy groups -OCH3 is 2. The molecule has 5 rings (SSSR count). The Labute approximate surface area is 179 Å². The molecule has 0 bridgehead atoms. The van der Waals surface area contributed by atoms with Crippen LogP contribution in [0.5, 0.6) is 23.0 Å². The van der Waals surface area contributed by atoms with Gasteiger partial charge in [0.05, 0.1) is 32.4 Å². The number of aliphatic hydroxyl groups is 1. The number of nitrogens with one attached hydrogen (secondary N) is 1. The van der Waals surface area contributed by atoms with E-state index in [1.54, 1.807) is 14.2 Å². The SMILES string of the molecule is COc1cc2nc(N3CCCC3CO)nc(Nc3ccc4c(c3)OCO4)c2cc1OC. The number of rotatable bonds is 6. The van der Waals surface area contributed by atoms with Crippen LogP contribution in [0.4, 0.5) is 17.5 Å². The lowest BCUT2D eigenvalue weighted by Gasteiger charge is -2.24. The molecular weight excluding hydrogens is 400 g/mol. The van der Waals surface area contributed by atoms with E-state index in [9.17, 15) is 5.11 Å². The van der Waals surface area contributed by atoms with Gasteiger partial charge in [-0.05, 0) is 31.0 Å². The van der Waals surface area contributed by atoms with E-state index in [0.29, 0.717) is 34.8 Å². The van der Waals surface area contributed by atoms with Crippen molar-refractivity contribution >= 4 is 28.4 Å². The molecule has 3 heterocycles.